The van der Waals surface area contributed by atoms with Crippen LogP contribution in [0.5, 0.6) is 0 Å². The van der Waals surface area contributed by atoms with Crippen LogP contribution in [-0.2, 0) is 0 Å². The lowest BCUT2D eigenvalue weighted by Gasteiger charge is -2.07. The number of pyridine rings is 1. The van der Waals surface area contributed by atoms with Crippen LogP contribution in [0.1, 0.15) is 31.9 Å². The molecule has 0 aliphatic carbocycles. The monoisotopic (exact) mass is 203 g/mol. The van der Waals surface area contributed by atoms with Crippen LogP contribution in [0.15, 0.2) is 23.1 Å². The van der Waals surface area contributed by atoms with Crippen LogP contribution >= 0.6 is 0 Å². The molecule has 4 nitrogen and oxygen atoms in total. The zero-order valence-corrected chi connectivity index (χ0v) is 8.82. The summed E-state index contributed by atoms with van der Waals surface area (Å²) < 4.78 is 0. The SMILES string of the molecule is CCC(C)c1ccc2cnc(=O)[nH]c2n1. The second-order valence-electron chi connectivity index (χ2n) is 3.67. The van der Waals surface area contributed by atoms with Gasteiger partial charge in [-0.1, -0.05) is 13.8 Å². The quantitative estimate of drug-likeness (QED) is 0.810. The van der Waals surface area contributed by atoms with Crippen molar-refractivity contribution < 1.29 is 0 Å². The molecule has 0 aromatic carbocycles. The summed E-state index contributed by atoms with van der Waals surface area (Å²) in [6, 6.07) is 3.92. The molecule has 2 aromatic rings. The van der Waals surface area contributed by atoms with Gasteiger partial charge in [-0.2, -0.15) is 0 Å². The Bertz CT molecular complexity index is 533. The zero-order chi connectivity index (χ0) is 10.8. The predicted octanol–water partition coefficient (Wildman–Crippen LogP) is 1.83. The van der Waals surface area contributed by atoms with Gasteiger partial charge in [0, 0.05) is 17.3 Å². The van der Waals surface area contributed by atoms with E-state index in [2.05, 4.69) is 28.8 Å². The molecule has 2 rings (SSSR count). The van der Waals surface area contributed by atoms with E-state index in [1.54, 1.807) is 6.20 Å². The third kappa shape index (κ3) is 1.88. The summed E-state index contributed by atoms with van der Waals surface area (Å²) >= 11 is 0. The number of nitrogens with one attached hydrogen (secondary N) is 1. The smallest absolute Gasteiger partial charge is 0.290 e. The van der Waals surface area contributed by atoms with Crippen LogP contribution in [0.3, 0.4) is 0 Å². The van der Waals surface area contributed by atoms with E-state index in [0.717, 1.165) is 17.5 Å². The minimum atomic E-state index is -0.351. The lowest BCUT2D eigenvalue weighted by Crippen LogP contribution is -2.10. The Balaban J connectivity index is 2.59. The summed E-state index contributed by atoms with van der Waals surface area (Å²) in [7, 11) is 0. The Morgan fingerprint density at radius 3 is 3.00 bits per heavy atom. The number of aromatic amines is 1. The molecule has 0 radical (unpaired) electrons. The molecule has 1 unspecified atom stereocenters. The van der Waals surface area contributed by atoms with Crippen molar-refractivity contribution >= 4 is 11.0 Å². The molecule has 0 saturated heterocycles. The second kappa shape index (κ2) is 3.81. The largest absolute Gasteiger partial charge is 0.346 e. The first-order chi connectivity index (χ1) is 7.20. The lowest BCUT2D eigenvalue weighted by atomic mass is 10.0. The van der Waals surface area contributed by atoms with E-state index in [-0.39, 0.29) is 5.69 Å². The van der Waals surface area contributed by atoms with Crippen LogP contribution in [0.2, 0.25) is 0 Å². The van der Waals surface area contributed by atoms with E-state index in [4.69, 9.17) is 0 Å². The standard InChI is InChI=1S/C11H13N3O/c1-3-7(2)9-5-4-8-6-12-11(15)14-10(8)13-9/h4-7H,3H2,1-2H3,(H,12,13,14,15). The van der Waals surface area contributed by atoms with Gasteiger partial charge in [0.1, 0.15) is 5.65 Å². The molecule has 4 heteroatoms. The van der Waals surface area contributed by atoms with Gasteiger partial charge in [-0.3, -0.25) is 4.98 Å². The average Bonchev–Trinajstić information content (AvgIpc) is 2.27. The first-order valence-electron chi connectivity index (χ1n) is 5.06. The van der Waals surface area contributed by atoms with Crippen molar-refractivity contribution in [2.75, 3.05) is 0 Å². The van der Waals surface area contributed by atoms with Gasteiger partial charge in [0.25, 0.3) is 0 Å². The molecule has 0 aliphatic rings. The summed E-state index contributed by atoms with van der Waals surface area (Å²) in [6.07, 6.45) is 2.58. The number of aromatic nitrogens is 3. The predicted molar refractivity (Wildman–Crippen MR) is 58.9 cm³/mol. The van der Waals surface area contributed by atoms with Gasteiger partial charge in [0.05, 0.1) is 0 Å². The van der Waals surface area contributed by atoms with Crippen molar-refractivity contribution in [3.05, 3.63) is 34.5 Å². The maximum absolute atomic E-state index is 11.0. The Morgan fingerprint density at radius 1 is 1.47 bits per heavy atom. The van der Waals surface area contributed by atoms with Gasteiger partial charge in [-0.05, 0) is 24.5 Å². The number of H-pyrrole nitrogens is 1. The highest BCUT2D eigenvalue weighted by Crippen LogP contribution is 2.18. The number of hydrogen-bond acceptors (Lipinski definition) is 3. The van der Waals surface area contributed by atoms with E-state index < -0.39 is 0 Å². The molecule has 0 fully saturated rings. The Labute approximate surface area is 87.4 Å². The molecule has 0 spiro atoms. The van der Waals surface area contributed by atoms with Crippen molar-refractivity contribution in [2.24, 2.45) is 0 Å². The van der Waals surface area contributed by atoms with Crippen molar-refractivity contribution in [1.82, 2.24) is 15.0 Å². The zero-order valence-electron chi connectivity index (χ0n) is 8.82. The van der Waals surface area contributed by atoms with Crippen LogP contribution < -0.4 is 5.69 Å². The van der Waals surface area contributed by atoms with Crippen LogP contribution in [0.25, 0.3) is 11.0 Å². The fraction of sp³-hybridized carbons (Fsp3) is 0.364. The minimum Gasteiger partial charge on any atom is -0.290 e. The van der Waals surface area contributed by atoms with Gasteiger partial charge in [0.2, 0.25) is 0 Å². The highest BCUT2D eigenvalue weighted by molar-refractivity contribution is 5.73. The van der Waals surface area contributed by atoms with Crippen LogP contribution in [0, 0.1) is 0 Å². The molecule has 0 aliphatic heterocycles. The Morgan fingerprint density at radius 2 is 2.27 bits per heavy atom. The van der Waals surface area contributed by atoms with E-state index >= 15 is 0 Å². The molecule has 0 bridgehead atoms. The lowest BCUT2D eigenvalue weighted by molar-refractivity contribution is 0.710. The fourth-order valence-electron chi connectivity index (χ4n) is 1.43. The molecule has 0 saturated carbocycles. The van der Waals surface area contributed by atoms with Gasteiger partial charge in [-0.25, -0.2) is 14.8 Å². The Hall–Kier alpha value is -1.71. The van der Waals surface area contributed by atoms with Gasteiger partial charge < -0.3 is 0 Å². The molecular weight excluding hydrogens is 190 g/mol. The number of nitrogens with zero attached hydrogens (tertiary/aromatic N) is 2. The summed E-state index contributed by atoms with van der Waals surface area (Å²) in [4.78, 5) is 21.7. The van der Waals surface area contributed by atoms with Gasteiger partial charge in [0.15, 0.2) is 0 Å². The highest BCUT2D eigenvalue weighted by Gasteiger charge is 2.05. The topological polar surface area (TPSA) is 58.6 Å². The third-order valence-electron chi connectivity index (χ3n) is 2.61. The third-order valence-corrected chi connectivity index (χ3v) is 2.61. The normalized spacial score (nSPS) is 12.9. The van der Waals surface area contributed by atoms with Crippen molar-refractivity contribution in [3.63, 3.8) is 0 Å². The highest BCUT2D eigenvalue weighted by atomic mass is 16.1. The maximum atomic E-state index is 11.0. The summed E-state index contributed by atoms with van der Waals surface area (Å²) in [5.74, 6) is 0.408. The number of hydrogen-bond donors (Lipinski definition) is 1. The molecule has 78 valence electrons. The molecular formula is C11H13N3O. The molecule has 2 heterocycles. The van der Waals surface area contributed by atoms with Crippen LogP contribution in [0.4, 0.5) is 0 Å². The average molecular weight is 203 g/mol. The van der Waals surface area contributed by atoms with Crippen molar-refractivity contribution in [2.45, 2.75) is 26.2 Å². The van der Waals surface area contributed by atoms with Crippen molar-refractivity contribution in [3.8, 4) is 0 Å². The van der Waals surface area contributed by atoms with E-state index in [1.807, 2.05) is 12.1 Å². The van der Waals surface area contributed by atoms with Gasteiger partial charge in [-0.15, -0.1) is 0 Å². The summed E-state index contributed by atoms with van der Waals surface area (Å²) in [6.45, 7) is 4.24. The minimum absolute atomic E-state index is 0.351. The van der Waals surface area contributed by atoms with E-state index in [9.17, 15) is 4.79 Å². The number of rotatable bonds is 2. The van der Waals surface area contributed by atoms with Gasteiger partial charge >= 0.3 is 5.69 Å². The first-order valence-corrected chi connectivity index (χ1v) is 5.06. The first kappa shape index (κ1) is 9.83. The molecule has 15 heavy (non-hydrogen) atoms. The fourth-order valence-corrected chi connectivity index (χ4v) is 1.43. The number of fused-ring (bicyclic) bond motifs is 1. The van der Waals surface area contributed by atoms with E-state index in [0.29, 0.717) is 11.6 Å². The summed E-state index contributed by atoms with van der Waals surface area (Å²) in [5.41, 5.74) is 1.27. The summed E-state index contributed by atoms with van der Waals surface area (Å²) in [5, 5.41) is 0.863. The molecule has 2 aromatic heterocycles. The van der Waals surface area contributed by atoms with Crippen molar-refractivity contribution in [1.29, 1.82) is 0 Å². The maximum Gasteiger partial charge on any atom is 0.346 e. The Kier molecular flexibility index (Phi) is 2.49. The molecule has 0 amide bonds. The molecule has 1 N–H and O–H groups in total. The molecule has 1 atom stereocenters. The second-order valence-corrected chi connectivity index (χ2v) is 3.67. The van der Waals surface area contributed by atoms with E-state index in [1.165, 1.54) is 0 Å². The van der Waals surface area contributed by atoms with Crippen LogP contribution in [-0.4, -0.2) is 15.0 Å².